The van der Waals surface area contributed by atoms with Gasteiger partial charge in [0.1, 0.15) is 11.5 Å². The van der Waals surface area contributed by atoms with E-state index in [1.165, 1.54) is 0 Å². The Morgan fingerprint density at radius 1 is 1.04 bits per heavy atom. The molecule has 0 spiro atoms. The minimum atomic E-state index is -0.586. The van der Waals surface area contributed by atoms with Crippen LogP contribution in [0, 0.1) is 20.8 Å². The van der Waals surface area contributed by atoms with E-state index in [0.717, 1.165) is 33.8 Å². The van der Waals surface area contributed by atoms with Crippen molar-refractivity contribution in [2.24, 2.45) is 0 Å². The van der Waals surface area contributed by atoms with Crippen LogP contribution < -0.4 is 14.8 Å². The van der Waals surface area contributed by atoms with Gasteiger partial charge in [-0.15, -0.1) is 0 Å². The fourth-order valence-corrected chi connectivity index (χ4v) is 2.80. The van der Waals surface area contributed by atoms with Crippen molar-refractivity contribution in [3.8, 4) is 11.5 Å². The average molecular weight is 341 g/mol. The molecule has 0 saturated heterocycles. The predicted molar refractivity (Wildman–Crippen MR) is 100 cm³/mol. The van der Waals surface area contributed by atoms with Crippen LogP contribution in [-0.4, -0.2) is 19.1 Å². The van der Waals surface area contributed by atoms with Gasteiger partial charge in [-0.05, 0) is 63.4 Å². The average Bonchev–Trinajstić information content (AvgIpc) is 2.58. The molecule has 0 aliphatic rings. The molecule has 4 heteroatoms. The van der Waals surface area contributed by atoms with Gasteiger partial charge < -0.3 is 14.8 Å². The third-order valence-electron chi connectivity index (χ3n) is 4.40. The number of hydrogen-bond acceptors (Lipinski definition) is 3. The highest BCUT2D eigenvalue weighted by Crippen LogP contribution is 2.26. The van der Waals surface area contributed by atoms with Crippen LogP contribution in [0.1, 0.15) is 42.1 Å². The molecule has 134 valence electrons. The Morgan fingerprint density at radius 2 is 1.72 bits per heavy atom. The van der Waals surface area contributed by atoms with E-state index >= 15 is 0 Å². The Bertz CT molecular complexity index is 755. The quantitative estimate of drug-likeness (QED) is 0.854. The van der Waals surface area contributed by atoms with Gasteiger partial charge in [-0.3, -0.25) is 4.79 Å². The summed E-state index contributed by atoms with van der Waals surface area (Å²) < 4.78 is 11.3. The van der Waals surface area contributed by atoms with Crippen molar-refractivity contribution in [1.82, 2.24) is 5.32 Å². The van der Waals surface area contributed by atoms with Crippen LogP contribution in [0.4, 0.5) is 0 Å². The Morgan fingerprint density at radius 3 is 2.40 bits per heavy atom. The van der Waals surface area contributed by atoms with E-state index in [1.54, 1.807) is 14.0 Å². The van der Waals surface area contributed by atoms with E-state index < -0.39 is 6.10 Å². The van der Waals surface area contributed by atoms with Crippen molar-refractivity contribution in [3.05, 3.63) is 58.7 Å². The van der Waals surface area contributed by atoms with Crippen molar-refractivity contribution in [2.75, 3.05) is 7.11 Å². The van der Waals surface area contributed by atoms with Crippen LogP contribution in [0.2, 0.25) is 0 Å². The maximum Gasteiger partial charge on any atom is 0.261 e. The predicted octanol–water partition coefficient (Wildman–Crippen LogP) is 4.27. The molecule has 0 heterocycles. The lowest BCUT2D eigenvalue weighted by atomic mass is 10.1. The molecule has 2 rings (SSSR count). The first-order valence-corrected chi connectivity index (χ1v) is 8.51. The molecule has 0 radical (unpaired) electrons. The van der Waals surface area contributed by atoms with Crippen LogP contribution >= 0.6 is 0 Å². The first-order valence-electron chi connectivity index (χ1n) is 8.51. The summed E-state index contributed by atoms with van der Waals surface area (Å²) >= 11 is 0. The van der Waals surface area contributed by atoms with Crippen molar-refractivity contribution >= 4 is 5.91 Å². The smallest absolute Gasteiger partial charge is 0.261 e. The molecule has 25 heavy (non-hydrogen) atoms. The Balaban J connectivity index is 2.08. The summed E-state index contributed by atoms with van der Waals surface area (Å²) in [6.07, 6.45) is -0.586. The van der Waals surface area contributed by atoms with Gasteiger partial charge in [0.15, 0.2) is 6.10 Å². The SMILES string of the molecule is COc1ccccc1C(C)NC(=O)C(C)Oc1cc(C)cc(C)c1C. The number of hydrogen-bond donors (Lipinski definition) is 1. The van der Waals surface area contributed by atoms with Gasteiger partial charge in [-0.1, -0.05) is 24.3 Å². The van der Waals surface area contributed by atoms with Gasteiger partial charge in [0.05, 0.1) is 13.2 Å². The van der Waals surface area contributed by atoms with E-state index in [1.807, 2.05) is 58.0 Å². The molecule has 0 bridgehead atoms. The van der Waals surface area contributed by atoms with Crippen LogP contribution in [0.15, 0.2) is 36.4 Å². The highest BCUT2D eigenvalue weighted by Gasteiger charge is 2.20. The first-order chi connectivity index (χ1) is 11.8. The van der Waals surface area contributed by atoms with E-state index in [-0.39, 0.29) is 11.9 Å². The fourth-order valence-electron chi connectivity index (χ4n) is 2.80. The Labute approximate surface area is 150 Å². The minimum absolute atomic E-state index is 0.156. The fraction of sp³-hybridized carbons (Fsp3) is 0.381. The van der Waals surface area contributed by atoms with Gasteiger partial charge in [0.2, 0.25) is 0 Å². The molecular weight excluding hydrogens is 314 g/mol. The van der Waals surface area contributed by atoms with Gasteiger partial charge in [-0.2, -0.15) is 0 Å². The number of nitrogens with one attached hydrogen (secondary N) is 1. The summed E-state index contributed by atoms with van der Waals surface area (Å²) in [5, 5.41) is 3.00. The molecule has 2 aromatic rings. The summed E-state index contributed by atoms with van der Waals surface area (Å²) in [6, 6.07) is 11.6. The zero-order valence-electron chi connectivity index (χ0n) is 15.8. The molecule has 4 nitrogen and oxygen atoms in total. The lowest BCUT2D eigenvalue weighted by molar-refractivity contribution is -0.127. The van der Waals surface area contributed by atoms with E-state index in [0.29, 0.717) is 0 Å². The highest BCUT2D eigenvalue weighted by molar-refractivity contribution is 5.81. The topological polar surface area (TPSA) is 47.6 Å². The lowest BCUT2D eigenvalue weighted by Crippen LogP contribution is -2.38. The zero-order chi connectivity index (χ0) is 18.6. The number of amides is 1. The van der Waals surface area contributed by atoms with Crippen LogP contribution in [-0.2, 0) is 4.79 Å². The summed E-state index contributed by atoms with van der Waals surface area (Å²) in [7, 11) is 1.63. The summed E-state index contributed by atoms with van der Waals surface area (Å²) in [5.41, 5.74) is 4.27. The molecule has 0 aliphatic heterocycles. The number of methoxy groups -OCH3 is 1. The third-order valence-corrected chi connectivity index (χ3v) is 4.40. The number of aryl methyl sites for hydroxylation is 2. The van der Waals surface area contributed by atoms with E-state index in [2.05, 4.69) is 11.4 Å². The second-order valence-corrected chi connectivity index (χ2v) is 6.44. The van der Waals surface area contributed by atoms with Crippen molar-refractivity contribution in [2.45, 2.75) is 46.8 Å². The second-order valence-electron chi connectivity index (χ2n) is 6.44. The van der Waals surface area contributed by atoms with Crippen LogP contribution in [0.3, 0.4) is 0 Å². The third kappa shape index (κ3) is 4.53. The number of carbonyl (C=O) groups is 1. The monoisotopic (exact) mass is 341 g/mol. The number of carbonyl (C=O) groups excluding carboxylic acids is 1. The highest BCUT2D eigenvalue weighted by atomic mass is 16.5. The lowest BCUT2D eigenvalue weighted by Gasteiger charge is -2.21. The van der Waals surface area contributed by atoms with Crippen LogP contribution in [0.5, 0.6) is 11.5 Å². The zero-order valence-corrected chi connectivity index (χ0v) is 15.8. The van der Waals surface area contributed by atoms with E-state index in [4.69, 9.17) is 9.47 Å². The van der Waals surface area contributed by atoms with Gasteiger partial charge in [-0.25, -0.2) is 0 Å². The molecule has 2 unspecified atom stereocenters. The van der Waals surface area contributed by atoms with Crippen molar-refractivity contribution in [1.29, 1.82) is 0 Å². The molecule has 2 atom stereocenters. The summed E-state index contributed by atoms with van der Waals surface area (Å²) in [6.45, 7) is 9.77. The van der Waals surface area contributed by atoms with E-state index in [9.17, 15) is 4.79 Å². The Kier molecular flexibility index (Phi) is 6.07. The number of rotatable bonds is 6. The molecule has 0 fully saturated rings. The molecule has 1 N–H and O–H groups in total. The molecule has 0 aliphatic carbocycles. The summed E-state index contributed by atoms with van der Waals surface area (Å²) in [4.78, 5) is 12.5. The van der Waals surface area contributed by atoms with Gasteiger partial charge >= 0.3 is 0 Å². The minimum Gasteiger partial charge on any atom is -0.496 e. The molecule has 2 aromatic carbocycles. The first kappa shape index (κ1) is 18.8. The molecule has 0 saturated carbocycles. The second kappa shape index (κ2) is 8.06. The maximum atomic E-state index is 12.5. The van der Waals surface area contributed by atoms with Gasteiger partial charge in [0, 0.05) is 5.56 Å². The number of ether oxygens (including phenoxy) is 2. The normalized spacial score (nSPS) is 13.0. The molecule has 0 aromatic heterocycles. The molecular formula is C21H27NO3. The largest absolute Gasteiger partial charge is 0.496 e. The summed E-state index contributed by atoms with van der Waals surface area (Å²) in [5.74, 6) is 1.36. The molecule has 1 amide bonds. The van der Waals surface area contributed by atoms with Gasteiger partial charge in [0.25, 0.3) is 5.91 Å². The van der Waals surface area contributed by atoms with Crippen molar-refractivity contribution in [3.63, 3.8) is 0 Å². The standard InChI is InChI=1S/C21H27NO3/c1-13-11-14(2)15(3)20(12-13)25-17(5)21(23)22-16(4)18-9-7-8-10-19(18)24-6/h7-12,16-17H,1-6H3,(H,22,23). The van der Waals surface area contributed by atoms with Crippen molar-refractivity contribution < 1.29 is 14.3 Å². The number of para-hydroxylation sites is 1. The number of benzene rings is 2. The maximum absolute atomic E-state index is 12.5. The Hall–Kier alpha value is -2.49. The van der Waals surface area contributed by atoms with Crippen LogP contribution in [0.25, 0.3) is 0 Å².